The van der Waals surface area contributed by atoms with Gasteiger partial charge < -0.3 is 15.8 Å². The van der Waals surface area contributed by atoms with Crippen LogP contribution in [-0.2, 0) is 11.3 Å². The van der Waals surface area contributed by atoms with Crippen molar-refractivity contribution in [2.45, 2.75) is 64.0 Å². The van der Waals surface area contributed by atoms with E-state index in [0.717, 1.165) is 28.9 Å². The topological polar surface area (TPSA) is 98.0 Å². The first-order valence-corrected chi connectivity index (χ1v) is 9.30. The Hall–Kier alpha value is -2.57. The van der Waals surface area contributed by atoms with E-state index in [2.05, 4.69) is 40.1 Å². The Morgan fingerprint density at radius 2 is 2.19 bits per heavy atom. The van der Waals surface area contributed by atoms with Gasteiger partial charge in [0.2, 0.25) is 0 Å². The van der Waals surface area contributed by atoms with Gasteiger partial charge in [-0.3, -0.25) is 4.68 Å². The molecule has 1 aromatic heterocycles. The minimum atomic E-state index is -0.903. The Bertz CT molecular complexity index is 895. The van der Waals surface area contributed by atoms with Crippen LogP contribution in [0.1, 0.15) is 63.3 Å². The molecule has 26 heavy (non-hydrogen) atoms. The second kappa shape index (κ2) is 6.30. The lowest BCUT2D eigenvalue weighted by Crippen LogP contribution is -2.41. The number of nitrogens with zero attached hydrogens (tertiary/aromatic N) is 4. The zero-order valence-corrected chi connectivity index (χ0v) is 15.3. The van der Waals surface area contributed by atoms with Crippen LogP contribution in [-0.4, -0.2) is 32.1 Å². The van der Waals surface area contributed by atoms with Crippen molar-refractivity contribution in [1.82, 2.24) is 9.78 Å². The van der Waals surface area contributed by atoms with Gasteiger partial charge in [-0.1, -0.05) is 42.2 Å². The molecule has 1 aliphatic carbocycles. The Kier molecular flexibility index (Phi) is 4.09. The highest BCUT2D eigenvalue weighted by molar-refractivity contribution is 6.07. The molecule has 1 saturated carbocycles. The molecule has 138 valence electrons. The van der Waals surface area contributed by atoms with E-state index in [0.29, 0.717) is 12.5 Å². The highest BCUT2D eigenvalue weighted by atomic mass is 16.7. The summed E-state index contributed by atoms with van der Waals surface area (Å²) in [4.78, 5) is 5.48. The molecule has 0 radical (unpaired) electrons. The zero-order valence-electron chi connectivity index (χ0n) is 15.3. The highest BCUT2D eigenvalue weighted by Crippen LogP contribution is 2.34. The third-order valence-corrected chi connectivity index (χ3v) is 5.63. The van der Waals surface area contributed by atoms with E-state index < -0.39 is 5.60 Å². The molecule has 0 saturated heterocycles. The molecule has 0 spiro atoms. The van der Waals surface area contributed by atoms with Gasteiger partial charge >= 0.3 is 0 Å². The van der Waals surface area contributed by atoms with Crippen LogP contribution >= 0.6 is 0 Å². The molecule has 0 bridgehead atoms. The van der Waals surface area contributed by atoms with Crippen molar-refractivity contribution in [1.29, 1.82) is 0 Å². The average molecular weight is 355 g/mol. The standard InChI is InChI=1S/C19H25N5O2/c1-3-15-14-9-8-12(16-11-19(2,26-23-16)18(20)22-25)10-17(14)24(21-15)13-6-4-5-7-13/h8-10,13,25H,3-7,11H2,1-2H3,(H2,20,22). The summed E-state index contributed by atoms with van der Waals surface area (Å²) in [6, 6.07) is 6.82. The van der Waals surface area contributed by atoms with E-state index in [4.69, 9.17) is 20.9 Å². The van der Waals surface area contributed by atoms with E-state index in [1.54, 1.807) is 6.92 Å². The third-order valence-electron chi connectivity index (χ3n) is 5.63. The predicted molar refractivity (Wildman–Crippen MR) is 101 cm³/mol. The summed E-state index contributed by atoms with van der Waals surface area (Å²) in [5, 5.41) is 22.4. The lowest BCUT2D eigenvalue weighted by molar-refractivity contribution is 0.0486. The first-order valence-electron chi connectivity index (χ1n) is 9.30. The fourth-order valence-electron chi connectivity index (χ4n) is 4.01. The van der Waals surface area contributed by atoms with Gasteiger partial charge in [-0.05, 0) is 32.3 Å². The Morgan fingerprint density at radius 1 is 1.42 bits per heavy atom. The third kappa shape index (κ3) is 2.62. The molecule has 1 fully saturated rings. The van der Waals surface area contributed by atoms with Crippen LogP contribution in [0.3, 0.4) is 0 Å². The molecule has 1 aliphatic heterocycles. The van der Waals surface area contributed by atoms with Gasteiger partial charge in [0, 0.05) is 17.4 Å². The summed E-state index contributed by atoms with van der Waals surface area (Å²) in [6.45, 7) is 3.92. The van der Waals surface area contributed by atoms with Gasteiger partial charge in [0.1, 0.15) is 0 Å². The number of hydrogen-bond donors (Lipinski definition) is 2. The van der Waals surface area contributed by atoms with Crippen LogP contribution in [0, 0.1) is 0 Å². The molecular weight excluding hydrogens is 330 g/mol. The van der Waals surface area contributed by atoms with Crippen LogP contribution in [0.25, 0.3) is 10.9 Å². The van der Waals surface area contributed by atoms with Crippen molar-refractivity contribution in [3.8, 4) is 0 Å². The fraction of sp³-hybridized carbons (Fsp3) is 0.526. The van der Waals surface area contributed by atoms with Gasteiger partial charge in [-0.25, -0.2) is 0 Å². The Labute approximate surface area is 152 Å². The summed E-state index contributed by atoms with van der Waals surface area (Å²) in [6.07, 6.45) is 6.30. The summed E-state index contributed by atoms with van der Waals surface area (Å²) in [5.74, 6) is 0.0293. The molecule has 7 nitrogen and oxygen atoms in total. The number of fused-ring (bicyclic) bond motifs is 1. The smallest absolute Gasteiger partial charge is 0.200 e. The van der Waals surface area contributed by atoms with Gasteiger partial charge in [-0.2, -0.15) is 5.10 Å². The molecule has 2 aromatic rings. The minimum absolute atomic E-state index is 0.0293. The summed E-state index contributed by atoms with van der Waals surface area (Å²) >= 11 is 0. The van der Waals surface area contributed by atoms with Gasteiger partial charge in [0.15, 0.2) is 11.4 Å². The van der Waals surface area contributed by atoms with Crippen LogP contribution in [0.4, 0.5) is 0 Å². The van der Waals surface area contributed by atoms with Crippen molar-refractivity contribution < 1.29 is 10.0 Å². The van der Waals surface area contributed by atoms with Crippen LogP contribution < -0.4 is 5.73 Å². The zero-order chi connectivity index (χ0) is 18.3. The minimum Gasteiger partial charge on any atom is -0.409 e. The van der Waals surface area contributed by atoms with Crippen LogP contribution in [0.2, 0.25) is 0 Å². The predicted octanol–water partition coefficient (Wildman–Crippen LogP) is 3.34. The summed E-state index contributed by atoms with van der Waals surface area (Å²) < 4.78 is 2.21. The number of hydrogen-bond acceptors (Lipinski definition) is 5. The van der Waals surface area contributed by atoms with Crippen molar-refractivity contribution >= 4 is 22.5 Å². The summed E-state index contributed by atoms with van der Waals surface area (Å²) in [7, 11) is 0. The SMILES string of the molecule is CCc1nn(C2CCCC2)c2cc(C3=NOC(C)(/C(N)=N/O)C3)ccc12. The number of benzene rings is 1. The van der Waals surface area contributed by atoms with Crippen LogP contribution in [0.15, 0.2) is 28.5 Å². The van der Waals surface area contributed by atoms with Gasteiger partial charge in [0.25, 0.3) is 0 Å². The van der Waals surface area contributed by atoms with Crippen LogP contribution in [0.5, 0.6) is 0 Å². The molecule has 2 heterocycles. The van der Waals surface area contributed by atoms with E-state index in [1.165, 1.54) is 31.1 Å². The quantitative estimate of drug-likeness (QED) is 0.380. The normalized spacial score (nSPS) is 24.2. The second-order valence-corrected chi connectivity index (χ2v) is 7.44. The second-order valence-electron chi connectivity index (χ2n) is 7.44. The molecule has 2 aliphatic rings. The number of rotatable bonds is 4. The van der Waals surface area contributed by atoms with E-state index in [-0.39, 0.29) is 5.84 Å². The largest absolute Gasteiger partial charge is 0.409 e. The maximum atomic E-state index is 8.97. The number of nitrogens with two attached hydrogens (primary N) is 1. The number of aromatic nitrogens is 2. The van der Waals surface area contributed by atoms with Crippen molar-refractivity contribution in [2.24, 2.45) is 16.0 Å². The van der Waals surface area contributed by atoms with Gasteiger partial charge in [0.05, 0.1) is 23.0 Å². The number of oxime groups is 2. The molecule has 1 atom stereocenters. The first-order chi connectivity index (χ1) is 12.6. The first kappa shape index (κ1) is 16.9. The lowest BCUT2D eigenvalue weighted by atomic mass is 9.94. The monoisotopic (exact) mass is 355 g/mol. The maximum absolute atomic E-state index is 8.97. The maximum Gasteiger partial charge on any atom is 0.200 e. The fourth-order valence-corrected chi connectivity index (χ4v) is 4.01. The Balaban J connectivity index is 1.73. The van der Waals surface area contributed by atoms with Crippen molar-refractivity contribution in [3.05, 3.63) is 29.5 Å². The van der Waals surface area contributed by atoms with E-state index >= 15 is 0 Å². The highest BCUT2D eigenvalue weighted by Gasteiger charge is 2.39. The lowest BCUT2D eigenvalue weighted by Gasteiger charge is -2.18. The molecule has 0 amide bonds. The molecule has 3 N–H and O–H groups in total. The molecule has 4 rings (SSSR count). The average Bonchev–Trinajstić information content (AvgIpc) is 3.38. The summed E-state index contributed by atoms with van der Waals surface area (Å²) in [5.41, 5.74) is 8.96. The van der Waals surface area contributed by atoms with Crippen molar-refractivity contribution in [2.75, 3.05) is 0 Å². The van der Waals surface area contributed by atoms with E-state index in [1.807, 2.05) is 0 Å². The molecule has 7 heteroatoms. The molecule has 1 unspecified atom stereocenters. The Morgan fingerprint density at radius 3 is 2.88 bits per heavy atom. The molecule has 1 aromatic carbocycles. The van der Waals surface area contributed by atoms with Crippen molar-refractivity contribution in [3.63, 3.8) is 0 Å². The van der Waals surface area contributed by atoms with Gasteiger partial charge in [-0.15, -0.1) is 0 Å². The van der Waals surface area contributed by atoms with E-state index in [9.17, 15) is 0 Å². The number of aryl methyl sites for hydroxylation is 1. The number of amidine groups is 1. The molecular formula is C19H25N5O2.